The number of amides is 2. The highest BCUT2D eigenvalue weighted by atomic mass is 127. The molecule has 9 nitrogen and oxygen atoms in total. The van der Waals surface area contributed by atoms with Crippen molar-refractivity contribution in [2.24, 2.45) is 4.99 Å². The second-order valence-corrected chi connectivity index (χ2v) is 6.75. The van der Waals surface area contributed by atoms with E-state index in [1.165, 1.54) is 0 Å². The van der Waals surface area contributed by atoms with E-state index >= 15 is 0 Å². The summed E-state index contributed by atoms with van der Waals surface area (Å²) in [7, 11) is 1.74. The van der Waals surface area contributed by atoms with Gasteiger partial charge in [0.25, 0.3) is 5.91 Å². The smallest absolute Gasteiger partial charge is 0.254 e. The van der Waals surface area contributed by atoms with Crippen LogP contribution in [0.15, 0.2) is 47.7 Å². The summed E-state index contributed by atoms with van der Waals surface area (Å²) in [5.74, 6) is 0.493. The first-order valence-electron chi connectivity index (χ1n) is 9.72. The van der Waals surface area contributed by atoms with Crippen LogP contribution in [0.3, 0.4) is 0 Å². The van der Waals surface area contributed by atoms with E-state index in [1.807, 2.05) is 29.1 Å². The molecule has 30 heavy (non-hydrogen) atoms. The fraction of sp³-hybridized carbons (Fsp3) is 0.400. The van der Waals surface area contributed by atoms with Crippen molar-refractivity contribution < 1.29 is 9.59 Å². The SMILES string of the molecule is CN=C(NCCCn1cccn1)NCc1ccc(C(=O)N2CCNC(=O)C2)cc1.I. The van der Waals surface area contributed by atoms with Gasteiger partial charge in [0.15, 0.2) is 5.96 Å². The number of hydrogen-bond acceptors (Lipinski definition) is 4. The molecule has 1 aromatic carbocycles. The number of guanidine groups is 1. The number of carbonyl (C=O) groups excluding carboxylic acids is 2. The summed E-state index contributed by atoms with van der Waals surface area (Å²) in [6, 6.07) is 9.33. The molecule has 2 heterocycles. The van der Waals surface area contributed by atoms with E-state index in [2.05, 4.69) is 26.0 Å². The summed E-state index contributed by atoms with van der Waals surface area (Å²) in [6.45, 7) is 3.39. The topological polar surface area (TPSA) is 104 Å². The molecular formula is C20H28IN7O2. The van der Waals surface area contributed by atoms with Gasteiger partial charge in [-0.25, -0.2) is 0 Å². The maximum atomic E-state index is 12.5. The second kappa shape index (κ2) is 12.2. The number of benzene rings is 1. The number of aromatic nitrogens is 2. The number of halogens is 1. The van der Waals surface area contributed by atoms with E-state index in [0.717, 1.165) is 31.0 Å². The van der Waals surface area contributed by atoms with Crippen LogP contribution >= 0.6 is 24.0 Å². The van der Waals surface area contributed by atoms with Gasteiger partial charge in [0.1, 0.15) is 0 Å². The predicted molar refractivity (Wildman–Crippen MR) is 126 cm³/mol. The Kier molecular flexibility index (Phi) is 9.58. The lowest BCUT2D eigenvalue weighted by Gasteiger charge is -2.26. The van der Waals surface area contributed by atoms with Crippen LogP contribution in [0.1, 0.15) is 22.3 Å². The van der Waals surface area contributed by atoms with E-state index in [9.17, 15) is 9.59 Å². The summed E-state index contributed by atoms with van der Waals surface area (Å²) in [4.78, 5) is 29.8. The van der Waals surface area contributed by atoms with Crippen LogP contribution in [0.25, 0.3) is 0 Å². The van der Waals surface area contributed by atoms with Gasteiger partial charge >= 0.3 is 0 Å². The molecule has 0 saturated carbocycles. The molecule has 0 atom stereocenters. The third-order valence-corrected chi connectivity index (χ3v) is 4.63. The highest BCUT2D eigenvalue weighted by Gasteiger charge is 2.22. The molecule has 1 aromatic heterocycles. The Hall–Kier alpha value is -2.63. The predicted octanol–water partition coefficient (Wildman–Crippen LogP) is 0.828. The number of nitrogens with zero attached hydrogens (tertiary/aromatic N) is 4. The molecule has 0 bridgehead atoms. The van der Waals surface area contributed by atoms with E-state index in [-0.39, 0.29) is 42.3 Å². The van der Waals surface area contributed by atoms with Crippen LogP contribution < -0.4 is 16.0 Å². The fourth-order valence-electron chi connectivity index (χ4n) is 3.05. The Bertz CT molecular complexity index is 837. The Labute approximate surface area is 193 Å². The number of aryl methyl sites for hydroxylation is 1. The molecule has 0 aliphatic carbocycles. The molecule has 162 valence electrons. The molecule has 3 rings (SSSR count). The Morgan fingerprint density at radius 3 is 2.73 bits per heavy atom. The average Bonchev–Trinajstić information content (AvgIpc) is 3.27. The first-order valence-corrected chi connectivity index (χ1v) is 9.72. The molecular weight excluding hydrogens is 497 g/mol. The van der Waals surface area contributed by atoms with Gasteiger partial charge in [-0.15, -0.1) is 24.0 Å². The zero-order valence-corrected chi connectivity index (χ0v) is 19.3. The fourth-order valence-corrected chi connectivity index (χ4v) is 3.05. The number of piperazine rings is 1. The summed E-state index contributed by atoms with van der Waals surface area (Å²) in [5, 5.41) is 13.4. The van der Waals surface area contributed by atoms with Gasteiger partial charge in [0, 0.05) is 57.7 Å². The molecule has 1 aliphatic heterocycles. The summed E-state index contributed by atoms with van der Waals surface area (Å²) in [6.07, 6.45) is 4.66. The number of aliphatic imine (C=N–C) groups is 1. The summed E-state index contributed by atoms with van der Waals surface area (Å²) >= 11 is 0. The van der Waals surface area contributed by atoms with E-state index in [1.54, 1.807) is 30.3 Å². The van der Waals surface area contributed by atoms with Gasteiger partial charge in [0.05, 0.1) is 6.54 Å². The summed E-state index contributed by atoms with van der Waals surface area (Å²) < 4.78 is 1.90. The quantitative estimate of drug-likeness (QED) is 0.215. The Morgan fingerprint density at radius 1 is 1.27 bits per heavy atom. The number of carbonyl (C=O) groups is 2. The van der Waals surface area contributed by atoms with E-state index in [4.69, 9.17) is 0 Å². The Morgan fingerprint density at radius 2 is 2.07 bits per heavy atom. The van der Waals surface area contributed by atoms with Crippen molar-refractivity contribution in [3.05, 3.63) is 53.9 Å². The third kappa shape index (κ3) is 7.01. The van der Waals surface area contributed by atoms with Gasteiger partial charge in [-0.05, 0) is 30.2 Å². The molecule has 1 fully saturated rings. The molecule has 1 saturated heterocycles. The van der Waals surface area contributed by atoms with Crippen LogP contribution in [-0.4, -0.2) is 65.7 Å². The number of nitrogens with one attached hydrogen (secondary N) is 3. The maximum absolute atomic E-state index is 12.5. The lowest BCUT2D eigenvalue weighted by Crippen LogP contribution is -2.49. The normalized spacial score (nSPS) is 14.0. The lowest BCUT2D eigenvalue weighted by atomic mass is 10.1. The van der Waals surface area contributed by atoms with E-state index in [0.29, 0.717) is 25.2 Å². The van der Waals surface area contributed by atoms with Gasteiger partial charge in [-0.2, -0.15) is 5.10 Å². The van der Waals surface area contributed by atoms with Crippen molar-refractivity contribution >= 4 is 41.8 Å². The Balaban J connectivity index is 0.00000320. The van der Waals surface area contributed by atoms with Crippen LogP contribution in [0.2, 0.25) is 0 Å². The van der Waals surface area contributed by atoms with Crippen LogP contribution in [-0.2, 0) is 17.9 Å². The number of hydrogen-bond donors (Lipinski definition) is 3. The largest absolute Gasteiger partial charge is 0.356 e. The van der Waals surface area contributed by atoms with Gasteiger partial charge in [-0.1, -0.05) is 12.1 Å². The molecule has 2 amide bonds. The first kappa shape index (κ1) is 23.6. The lowest BCUT2D eigenvalue weighted by molar-refractivity contribution is -0.123. The van der Waals surface area contributed by atoms with Gasteiger partial charge < -0.3 is 20.9 Å². The molecule has 0 radical (unpaired) electrons. The monoisotopic (exact) mass is 525 g/mol. The summed E-state index contributed by atoms with van der Waals surface area (Å²) in [5.41, 5.74) is 1.63. The zero-order chi connectivity index (χ0) is 20.5. The standard InChI is InChI=1S/C20H27N7O2.HI/c1-21-20(23-8-2-11-27-12-3-9-25-27)24-14-16-4-6-17(7-5-16)19(29)26-13-10-22-18(28)15-26;/h3-7,9,12H,2,8,10-11,13-15H2,1H3,(H,22,28)(H2,21,23,24);1H. The highest BCUT2D eigenvalue weighted by molar-refractivity contribution is 14.0. The van der Waals surface area contributed by atoms with Crippen LogP contribution in [0.5, 0.6) is 0 Å². The zero-order valence-electron chi connectivity index (χ0n) is 17.0. The minimum atomic E-state index is -0.117. The van der Waals surface area contributed by atoms with Crippen molar-refractivity contribution in [2.75, 3.05) is 33.2 Å². The van der Waals surface area contributed by atoms with Crippen LogP contribution in [0.4, 0.5) is 0 Å². The molecule has 1 aliphatic rings. The first-order chi connectivity index (χ1) is 14.2. The highest BCUT2D eigenvalue weighted by Crippen LogP contribution is 2.09. The van der Waals surface area contributed by atoms with Crippen molar-refractivity contribution in [1.29, 1.82) is 0 Å². The second-order valence-electron chi connectivity index (χ2n) is 6.75. The minimum absolute atomic E-state index is 0. The van der Waals surface area contributed by atoms with Gasteiger partial charge in [0.2, 0.25) is 5.91 Å². The average molecular weight is 525 g/mol. The third-order valence-electron chi connectivity index (χ3n) is 4.63. The van der Waals surface area contributed by atoms with Crippen molar-refractivity contribution in [3.8, 4) is 0 Å². The maximum Gasteiger partial charge on any atom is 0.254 e. The van der Waals surface area contributed by atoms with Crippen LogP contribution in [0, 0.1) is 0 Å². The minimum Gasteiger partial charge on any atom is -0.356 e. The van der Waals surface area contributed by atoms with Gasteiger partial charge in [-0.3, -0.25) is 19.3 Å². The molecule has 2 aromatic rings. The van der Waals surface area contributed by atoms with Crippen molar-refractivity contribution in [3.63, 3.8) is 0 Å². The van der Waals surface area contributed by atoms with E-state index < -0.39 is 0 Å². The van der Waals surface area contributed by atoms with Crippen molar-refractivity contribution in [2.45, 2.75) is 19.5 Å². The number of rotatable bonds is 7. The van der Waals surface area contributed by atoms with Crippen molar-refractivity contribution in [1.82, 2.24) is 30.6 Å². The molecule has 0 unspecified atom stereocenters. The molecule has 10 heteroatoms. The molecule has 0 spiro atoms. The molecule has 3 N–H and O–H groups in total.